The van der Waals surface area contributed by atoms with Gasteiger partial charge in [0.05, 0.1) is 6.10 Å². The Kier molecular flexibility index (Phi) is 2.96. The quantitative estimate of drug-likeness (QED) is 0.642. The molecule has 0 spiro atoms. The molecule has 0 aliphatic heterocycles. The summed E-state index contributed by atoms with van der Waals surface area (Å²) in [6, 6.07) is 0.182. The van der Waals surface area contributed by atoms with E-state index in [1.54, 1.807) is 0 Å². The summed E-state index contributed by atoms with van der Waals surface area (Å²) in [4.78, 5) is 11.5. The van der Waals surface area contributed by atoms with Gasteiger partial charge in [0.25, 0.3) is 0 Å². The van der Waals surface area contributed by atoms with Crippen LogP contribution in [-0.4, -0.2) is 23.2 Å². The minimum absolute atomic E-state index is 0.0756. The molecule has 1 fully saturated rings. The molecule has 1 aliphatic carbocycles. The average molecular weight is 185 g/mol. The maximum absolute atomic E-state index is 11.5. The van der Waals surface area contributed by atoms with Crippen molar-refractivity contribution in [2.75, 3.05) is 0 Å². The number of amides is 1. The molecule has 0 saturated heterocycles. The third kappa shape index (κ3) is 2.99. The van der Waals surface area contributed by atoms with Gasteiger partial charge in [-0.3, -0.25) is 4.79 Å². The summed E-state index contributed by atoms with van der Waals surface area (Å²) in [6.07, 6.45) is 2.21. The van der Waals surface area contributed by atoms with Crippen molar-refractivity contribution in [3.63, 3.8) is 0 Å². The summed E-state index contributed by atoms with van der Waals surface area (Å²) in [7, 11) is 0. The van der Waals surface area contributed by atoms with E-state index >= 15 is 0 Å². The molecule has 0 aromatic rings. The Balaban J connectivity index is 2.37. The zero-order valence-electron chi connectivity index (χ0n) is 8.63. The number of carbonyl (C=O) groups excluding carboxylic acids is 1. The predicted octanol–water partition coefficient (Wildman–Crippen LogP) is 1.06. The van der Waals surface area contributed by atoms with Crippen molar-refractivity contribution >= 4 is 5.91 Å². The van der Waals surface area contributed by atoms with Gasteiger partial charge in [-0.05, 0) is 19.3 Å². The molecule has 0 heterocycles. The Bertz CT molecular complexity index is 196. The highest BCUT2D eigenvalue weighted by Crippen LogP contribution is 2.21. The van der Waals surface area contributed by atoms with Gasteiger partial charge < -0.3 is 10.4 Å². The van der Waals surface area contributed by atoms with Gasteiger partial charge in [0.15, 0.2) is 0 Å². The lowest BCUT2D eigenvalue weighted by Crippen LogP contribution is -2.40. The van der Waals surface area contributed by atoms with Crippen LogP contribution in [0.3, 0.4) is 0 Å². The van der Waals surface area contributed by atoms with E-state index in [1.165, 1.54) is 0 Å². The van der Waals surface area contributed by atoms with Crippen LogP contribution in [0.1, 0.15) is 40.0 Å². The molecule has 2 atom stereocenters. The highest BCUT2D eigenvalue weighted by molar-refractivity contribution is 5.81. The van der Waals surface area contributed by atoms with Crippen molar-refractivity contribution in [2.24, 2.45) is 5.41 Å². The van der Waals surface area contributed by atoms with Crippen LogP contribution in [0.2, 0.25) is 0 Å². The molecule has 3 heteroatoms. The topological polar surface area (TPSA) is 49.3 Å². The Hall–Kier alpha value is -0.570. The third-order valence-corrected chi connectivity index (χ3v) is 2.42. The standard InChI is InChI=1S/C10H19NO2/c1-10(2,3)9(13)11-7-4-5-8(12)6-7/h7-8,12H,4-6H2,1-3H3,(H,11,13)/t7-,8+/m0/s1. The molecular formula is C10H19NO2. The molecule has 0 radical (unpaired) electrons. The summed E-state index contributed by atoms with van der Waals surface area (Å²) < 4.78 is 0. The van der Waals surface area contributed by atoms with Crippen LogP contribution in [0.15, 0.2) is 0 Å². The molecule has 13 heavy (non-hydrogen) atoms. The summed E-state index contributed by atoms with van der Waals surface area (Å²) in [5, 5.41) is 12.2. The second-order valence-corrected chi connectivity index (χ2v) is 4.89. The average Bonchev–Trinajstić information content (AvgIpc) is 2.33. The summed E-state index contributed by atoms with van der Waals surface area (Å²) in [5.74, 6) is 0.0756. The molecule has 0 aromatic carbocycles. The predicted molar refractivity (Wildman–Crippen MR) is 51.2 cm³/mol. The molecule has 1 saturated carbocycles. The minimum atomic E-state index is -0.326. The highest BCUT2D eigenvalue weighted by atomic mass is 16.3. The number of hydrogen-bond acceptors (Lipinski definition) is 2. The number of carbonyl (C=O) groups is 1. The highest BCUT2D eigenvalue weighted by Gasteiger charge is 2.28. The van der Waals surface area contributed by atoms with Gasteiger partial charge >= 0.3 is 0 Å². The van der Waals surface area contributed by atoms with Gasteiger partial charge in [-0.25, -0.2) is 0 Å². The molecule has 1 aliphatic rings. The molecule has 2 N–H and O–H groups in total. The first-order valence-corrected chi connectivity index (χ1v) is 4.88. The van der Waals surface area contributed by atoms with E-state index in [9.17, 15) is 9.90 Å². The van der Waals surface area contributed by atoms with Crippen molar-refractivity contribution in [3.8, 4) is 0 Å². The van der Waals surface area contributed by atoms with Crippen molar-refractivity contribution in [1.82, 2.24) is 5.32 Å². The Morgan fingerprint density at radius 3 is 2.38 bits per heavy atom. The van der Waals surface area contributed by atoms with Crippen LogP contribution < -0.4 is 5.32 Å². The zero-order chi connectivity index (χ0) is 10.1. The first-order valence-electron chi connectivity index (χ1n) is 4.88. The molecule has 1 rings (SSSR count). The Morgan fingerprint density at radius 2 is 2.00 bits per heavy atom. The van der Waals surface area contributed by atoms with Gasteiger partial charge in [0.1, 0.15) is 0 Å². The van der Waals surface area contributed by atoms with Gasteiger partial charge in [-0.2, -0.15) is 0 Å². The van der Waals surface area contributed by atoms with Crippen molar-refractivity contribution < 1.29 is 9.90 Å². The molecule has 3 nitrogen and oxygen atoms in total. The van der Waals surface area contributed by atoms with E-state index in [4.69, 9.17) is 0 Å². The van der Waals surface area contributed by atoms with E-state index in [-0.39, 0.29) is 23.5 Å². The maximum Gasteiger partial charge on any atom is 0.225 e. The van der Waals surface area contributed by atoms with Crippen LogP contribution >= 0.6 is 0 Å². The van der Waals surface area contributed by atoms with Crippen LogP contribution in [0, 0.1) is 5.41 Å². The van der Waals surface area contributed by atoms with Crippen molar-refractivity contribution in [2.45, 2.75) is 52.2 Å². The van der Waals surface area contributed by atoms with E-state index < -0.39 is 0 Å². The number of aliphatic hydroxyl groups is 1. The number of rotatable bonds is 1. The van der Waals surface area contributed by atoms with Gasteiger partial charge in [0, 0.05) is 11.5 Å². The van der Waals surface area contributed by atoms with Gasteiger partial charge in [-0.15, -0.1) is 0 Å². The first kappa shape index (κ1) is 10.5. The molecular weight excluding hydrogens is 166 g/mol. The second-order valence-electron chi connectivity index (χ2n) is 4.89. The van der Waals surface area contributed by atoms with E-state index in [2.05, 4.69) is 5.32 Å². The monoisotopic (exact) mass is 185 g/mol. The molecule has 1 amide bonds. The van der Waals surface area contributed by atoms with Crippen LogP contribution in [-0.2, 0) is 4.79 Å². The van der Waals surface area contributed by atoms with E-state index in [0.717, 1.165) is 12.8 Å². The van der Waals surface area contributed by atoms with Crippen molar-refractivity contribution in [3.05, 3.63) is 0 Å². The SMILES string of the molecule is CC(C)(C)C(=O)N[C@H]1CC[C@@H](O)C1. The Labute approximate surface area is 79.5 Å². The fraction of sp³-hybridized carbons (Fsp3) is 0.900. The minimum Gasteiger partial charge on any atom is -0.393 e. The fourth-order valence-corrected chi connectivity index (χ4v) is 1.49. The third-order valence-electron chi connectivity index (χ3n) is 2.42. The molecule has 76 valence electrons. The summed E-state index contributed by atoms with van der Waals surface area (Å²) >= 11 is 0. The lowest BCUT2D eigenvalue weighted by atomic mass is 9.95. The summed E-state index contributed by atoms with van der Waals surface area (Å²) in [5.41, 5.74) is -0.326. The lowest BCUT2D eigenvalue weighted by Gasteiger charge is -2.21. The smallest absolute Gasteiger partial charge is 0.225 e. The first-order chi connectivity index (χ1) is 5.89. The molecule has 0 bridgehead atoms. The van der Waals surface area contributed by atoms with Crippen LogP contribution in [0.4, 0.5) is 0 Å². The fourth-order valence-electron chi connectivity index (χ4n) is 1.49. The number of aliphatic hydroxyl groups excluding tert-OH is 1. The van der Waals surface area contributed by atoms with Gasteiger partial charge in [-0.1, -0.05) is 20.8 Å². The molecule has 0 unspecified atom stereocenters. The van der Waals surface area contributed by atoms with Crippen LogP contribution in [0.5, 0.6) is 0 Å². The van der Waals surface area contributed by atoms with Crippen LogP contribution in [0.25, 0.3) is 0 Å². The molecule has 0 aromatic heterocycles. The lowest BCUT2D eigenvalue weighted by molar-refractivity contribution is -0.129. The van der Waals surface area contributed by atoms with Crippen molar-refractivity contribution in [1.29, 1.82) is 0 Å². The van der Waals surface area contributed by atoms with Gasteiger partial charge in [0.2, 0.25) is 5.91 Å². The second kappa shape index (κ2) is 3.66. The number of hydrogen-bond donors (Lipinski definition) is 2. The zero-order valence-corrected chi connectivity index (χ0v) is 8.63. The Morgan fingerprint density at radius 1 is 1.38 bits per heavy atom. The largest absolute Gasteiger partial charge is 0.393 e. The van der Waals surface area contributed by atoms with E-state index in [1.807, 2.05) is 20.8 Å². The maximum atomic E-state index is 11.5. The summed E-state index contributed by atoms with van der Waals surface area (Å²) in [6.45, 7) is 5.69. The normalized spacial score (nSPS) is 28.9. The number of nitrogens with one attached hydrogen (secondary N) is 1. The van der Waals surface area contributed by atoms with E-state index in [0.29, 0.717) is 6.42 Å².